The minimum Gasteiger partial charge on any atom is -0.493 e. The normalized spacial score (nSPS) is 14.7. The minimum atomic E-state index is -2.39. The number of benzene rings is 2. The van der Waals surface area contributed by atoms with Crippen molar-refractivity contribution in [1.82, 2.24) is 10.6 Å². The van der Waals surface area contributed by atoms with Crippen molar-refractivity contribution in [3.05, 3.63) is 59.7 Å². The number of rotatable bonds is 21. The van der Waals surface area contributed by atoms with Gasteiger partial charge in [-0.05, 0) is 99.2 Å². The van der Waals surface area contributed by atoms with Gasteiger partial charge in [-0.3, -0.25) is 4.79 Å². The zero-order valence-electron chi connectivity index (χ0n) is 35.4. The molecule has 0 fully saturated rings. The second-order valence-corrected chi connectivity index (χ2v) is 22.3. The maximum atomic E-state index is 14.0. The minimum absolute atomic E-state index is 0.0135. The number of hydrogen-bond acceptors (Lipinski definition) is 7. The third-order valence-electron chi connectivity index (χ3n) is 10.3. The van der Waals surface area contributed by atoms with Gasteiger partial charge in [0.1, 0.15) is 5.60 Å². The maximum absolute atomic E-state index is 14.0. The van der Waals surface area contributed by atoms with Gasteiger partial charge >= 0.3 is 6.09 Å². The molecule has 2 aromatic carbocycles. The molecule has 4 atom stereocenters. The van der Waals surface area contributed by atoms with Gasteiger partial charge in [0.2, 0.25) is 5.91 Å². The Morgan fingerprint density at radius 3 is 2.02 bits per heavy atom. The maximum Gasteiger partial charge on any atom is 0.407 e. The van der Waals surface area contributed by atoms with Crippen LogP contribution in [0.5, 0.6) is 11.5 Å². The fraction of sp³-hybridized carbons (Fsp3) is 0.674. The first-order valence-electron chi connectivity index (χ1n) is 19.4. The van der Waals surface area contributed by atoms with Gasteiger partial charge in [-0.2, -0.15) is 0 Å². The van der Waals surface area contributed by atoms with Gasteiger partial charge < -0.3 is 34.0 Å². The largest absolute Gasteiger partial charge is 0.493 e. The quantitative estimate of drug-likeness (QED) is 0.0966. The highest BCUT2D eigenvalue weighted by molar-refractivity contribution is 6.74. The van der Waals surface area contributed by atoms with Crippen LogP contribution in [0.15, 0.2) is 48.5 Å². The van der Waals surface area contributed by atoms with Gasteiger partial charge in [-0.15, -0.1) is 0 Å². The SMILES string of the molecule is COCCCOc1cc(C[C@@H](C[C@H](NC(=O)OC(C)(C)C)[C@H](CC(C(=O)NCc2ccccc2)C(C)C)O[Si](C)(C)C(C)(C)C)C(C)C)ccc1OC. The van der Waals surface area contributed by atoms with Gasteiger partial charge in [0.25, 0.3) is 0 Å². The molecule has 0 saturated heterocycles. The standard InChI is InChI=1S/C43H72N2O7Si/c1-30(2)34(25-33-21-22-37(49-12)39(26-33)50-24-18-23-48-11)27-36(45-41(47)51-42(5,6)7)38(52-53(13,14)43(8,9)10)28-35(31(3)4)40(46)44-29-32-19-16-15-17-20-32/h15-17,19-22,26,30-31,34-36,38H,18,23-25,27-29H2,1-14H3,(H,44,46)(H,45,47)/t34-,35?,36-,38-/m0/s1. The van der Waals surface area contributed by atoms with Crippen molar-refractivity contribution in [1.29, 1.82) is 0 Å². The number of ether oxygens (including phenoxy) is 4. The number of methoxy groups -OCH3 is 2. The summed E-state index contributed by atoms with van der Waals surface area (Å²) in [6, 6.07) is 15.6. The summed E-state index contributed by atoms with van der Waals surface area (Å²) >= 11 is 0. The fourth-order valence-corrected chi connectivity index (χ4v) is 7.40. The molecule has 0 heterocycles. The van der Waals surface area contributed by atoms with Crippen molar-refractivity contribution >= 4 is 20.3 Å². The lowest BCUT2D eigenvalue weighted by Gasteiger charge is -2.43. The van der Waals surface area contributed by atoms with Crippen LogP contribution >= 0.6 is 0 Å². The van der Waals surface area contributed by atoms with E-state index in [1.54, 1.807) is 14.2 Å². The van der Waals surface area contributed by atoms with E-state index in [-0.39, 0.29) is 34.6 Å². The molecule has 53 heavy (non-hydrogen) atoms. The van der Waals surface area contributed by atoms with Gasteiger partial charge in [-0.1, -0.05) is 84.9 Å². The smallest absolute Gasteiger partial charge is 0.407 e. The Labute approximate surface area is 322 Å². The first-order chi connectivity index (χ1) is 24.7. The van der Waals surface area contributed by atoms with E-state index in [9.17, 15) is 9.59 Å². The molecule has 0 aliphatic carbocycles. The number of nitrogens with one attached hydrogen (secondary N) is 2. The number of alkyl carbamates (subject to hydrolysis) is 1. The molecule has 0 spiro atoms. The number of carbonyl (C=O) groups is 2. The number of hydrogen-bond donors (Lipinski definition) is 2. The molecule has 0 bridgehead atoms. The van der Waals surface area contributed by atoms with E-state index < -0.39 is 32.2 Å². The lowest BCUT2D eigenvalue weighted by Crippen LogP contribution is -2.54. The van der Waals surface area contributed by atoms with E-state index in [0.717, 1.165) is 24.0 Å². The van der Waals surface area contributed by atoms with Gasteiger partial charge in [0.05, 0.1) is 25.9 Å². The Bertz CT molecular complexity index is 1390. The molecule has 2 N–H and O–H groups in total. The first-order valence-corrected chi connectivity index (χ1v) is 22.4. The molecule has 1 unspecified atom stereocenters. The van der Waals surface area contributed by atoms with E-state index >= 15 is 0 Å². The van der Waals surface area contributed by atoms with Crippen LogP contribution in [0, 0.1) is 23.7 Å². The van der Waals surface area contributed by atoms with Crippen LogP contribution in [-0.2, 0) is 31.7 Å². The Hall–Kier alpha value is -3.08. The first kappa shape index (κ1) is 46.1. The zero-order chi connectivity index (χ0) is 40.0. The average molecular weight is 757 g/mol. The second-order valence-electron chi connectivity index (χ2n) is 17.6. The summed E-state index contributed by atoms with van der Waals surface area (Å²) in [6.45, 7) is 26.9. The molecule has 2 amide bonds. The van der Waals surface area contributed by atoms with Gasteiger partial charge in [-0.25, -0.2) is 4.79 Å². The van der Waals surface area contributed by atoms with Crippen molar-refractivity contribution in [3.63, 3.8) is 0 Å². The Kier molecular flexibility index (Phi) is 18.4. The van der Waals surface area contributed by atoms with Gasteiger partial charge in [0, 0.05) is 32.6 Å². The van der Waals surface area contributed by atoms with E-state index in [1.807, 2.05) is 57.2 Å². The van der Waals surface area contributed by atoms with E-state index in [2.05, 4.69) is 84.3 Å². The molecule has 0 aliphatic heterocycles. The number of carbonyl (C=O) groups excluding carboxylic acids is 2. The molecule has 0 aromatic heterocycles. The predicted molar refractivity (Wildman–Crippen MR) is 218 cm³/mol. The fourth-order valence-electron chi connectivity index (χ4n) is 6.03. The van der Waals surface area contributed by atoms with Crippen molar-refractivity contribution in [3.8, 4) is 11.5 Å². The van der Waals surface area contributed by atoms with E-state index in [4.69, 9.17) is 23.4 Å². The summed E-state index contributed by atoms with van der Waals surface area (Å²) in [5.74, 6) is 1.50. The highest BCUT2D eigenvalue weighted by atomic mass is 28.4. The lowest BCUT2D eigenvalue weighted by atomic mass is 9.80. The summed E-state index contributed by atoms with van der Waals surface area (Å²) in [5, 5.41) is 6.38. The van der Waals surface area contributed by atoms with Crippen molar-refractivity contribution in [2.45, 2.75) is 137 Å². The molecule has 0 radical (unpaired) electrons. The van der Waals surface area contributed by atoms with Crippen molar-refractivity contribution in [2.75, 3.05) is 27.4 Å². The molecule has 2 rings (SSSR count). The number of amides is 2. The third kappa shape index (κ3) is 16.0. The van der Waals surface area contributed by atoms with E-state index in [1.165, 1.54) is 0 Å². The molecule has 2 aromatic rings. The zero-order valence-corrected chi connectivity index (χ0v) is 36.4. The Balaban J connectivity index is 2.56. The van der Waals surface area contributed by atoms with Crippen LogP contribution < -0.4 is 20.1 Å². The highest BCUT2D eigenvalue weighted by Crippen LogP contribution is 2.40. The molecular formula is C43H72N2O7Si. The molecular weight excluding hydrogens is 685 g/mol. The highest BCUT2D eigenvalue weighted by Gasteiger charge is 2.43. The summed E-state index contributed by atoms with van der Waals surface area (Å²) in [4.78, 5) is 27.6. The molecule has 300 valence electrons. The lowest BCUT2D eigenvalue weighted by molar-refractivity contribution is -0.127. The summed E-state index contributed by atoms with van der Waals surface area (Å²) in [5.41, 5.74) is 1.48. The summed E-state index contributed by atoms with van der Waals surface area (Å²) < 4.78 is 30.1. The van der Waals surface area contributed by atoms with Crippen molar-refractivity contribution < 1.29 is 33.0 Å². The van der Waals surface area contributed by atoms with E-state index in [0.29, 0.717) is 44.1 Å². The van der Waals surface area contributed by atoms with Crippen LogP contribution in [-0.4, -0.2) is 65.5 Å². The van der Waals surface area contributed by atoms with Gasteiger partial charge in [0.15, 0.2) is 19.8 Å². The topological polar surface area (TPSA) is 104 Å². The summed E-state index contributed by atoms with van der Waals surface area (Å²) in [7, 11) is 0.944. The average Bonchev–Trinajstić information content (AvgIpc) is 3.05. The Morgan fingerprint density at radius 1 is 0.811 bits per heavy atom. The van der Waals surface area contributed by atoms with Crippen LogP contribution in [0.3, 0.4) is 0 Å². The van der Waals surface area contributed by atoms with Crippen molar-refractivity contribution in [2.24, 2.45) is 23.7 Å². The van der Waals surface area contributed by atoms with Crippen LogP contribution in [0.4, 0.5) is 4.79 Å². The predicted octanol–water partition coefficient (Wildman–Crippen LogP) is 9.58. The molecule has 0 aliphatic rings. The third-order valence-corrected chi connectivity index (χ3v) is 14.8. The van der Waals surface area contributed by atoms with Crippen LogP contribution in [0.2, 0.25) is 18.1 Å². The summed E-state index contributed by atoms with van der Waals surface area (Å²) in [6.07, 6.45) is 1.68. The van der Waals surface area contributed by atoms with Crippen LogP contribution in [0.1, 0.15) is 99.6 Å². The molecule has 0 saturated carbocycles. The Morgan fingerprint density at radius 2 is 1.47 bits per heavy atom. The monoisotopic (exact) mass is 757 g/mol. The molecule has 10 heteroatoms. The van der Waals surface area contributed by atoms with Crippen LogP contribution in [0.25, 0.3) is 0 Å². The molecule has 9 nitrogen and oxygen atoms in total. The second kappa shape index (κ2) is 21.1.